The Bertz CT molecular complexity index is 482. The third-order valence-corrected chi connectivity index (χ3v) is 3.55. The number of nitrogens with zero attached hydrogens (tertiary/aromatic N) is 1. The Balaban J connectivity index is 2.14. The number of ether oxygens (including phenoxy) is 1. The van der Waals surface area contributed by atoms with Crippen LogP contribution in [0.3, 0.4) is 0 Å². The zero-order valence-electron chi connectivity index (χ0n) is 10.0. The van der Waals surface area contributed by atoms with E-state index < -0.39 is 0 Å². The van der Waals surface area contributed by atoms with Gasteiger partial charge < -0.3 is 10.5 Å². The minimum absolute atomic E-state index is 0.0139. The maximum atomic E-state index is 6.18. The van der Waals surface area contributed by atoms with Crippen molar-refractivity contribution >= 4 is 11.3 Å². The van der Waals surface area contributed by atoms with Gasteiger partial charge in [-0.3, -0.25) is 4.98 Å². The smallest absolute Gasteiger partial charge is 0.121 e. The highest BCUT2D eigenvalue weighted by Crippen LogP contribution is 2.24. The molecule has 0 fully saturated rings. The lowest BCUT2D eigenvalue weighted by molar-refractivity contribution is 0.411. The molecule has 0 radical (unpaired) electrons. The fraction of sp³-hybridized carbons (Fsp3) is 0.308. The standard InChI is InChI=1S/C13H16N2OS/c1-9-5-10(3-4-13(9)16-2)12(14)6-11-7-15-8-17-11/h3-5,7-8,12H,6,14H2,1-2H3. The lowest BCUT2D eigenvalue weighted by Gasteiger charge is -2.13. The van der Waals surface area contributed by atoms with E-state index in [9.17, 15) is 0 Å². The molecule has 0 saturated carbocycles. The van der Waals surface area contributed by atoms with Crippen LogP contribution in [0, 0.1) is 6.92 Å². The summed E-state index contributed by atoms with van der Waals surface area (Å²) in [7, 11) is 1.68. The van der Waals surface area contributed by atoms with E-state index in [-0.39, 0.29) is 6.04 Å². The summed E-state index contributed by atoms with van der Waals surface area (Å²) in [5, 5.41) is 0. The molecule has 90 valence electrons. The molecule has 1 unspecified atom stereocenters. The van der Waals surface area contributed by atoms with E-state index in [0.717, 1.165) is 23.3 Å². The number of aromatic nitrogens is 1. The molecule has 3 nitrogen and oxygen atoms in total. The van der Waals surface area contributed by atoms with E-state index in [0.29, 0.717) is 0 Å². The highest BCUT2D eigenvalue weighted by Gasteiger charge is 2.09. The molecule has 0 spiro atoms. The maximum Gasteiger partial charge on any atom is 0.121 e. The number of thiazole rings is 1. The largest absolute Gasteiger partial charge is 0.496 e. The molecule has 0 saturated heterocycles. The van der Waals surface area contributed by atoms with Crippen LogP contribution in [0.4, 0.5) is 0 Å². The number of aryl methyl sites for hydroxylation is 1. The summed E-state index contributed by atoms with van der Waals surface area (Å²) in [5.41, 5.74) is 10.3. The zero-order valence-corrected chi connectivity index (χ0v) is 10.8. The molecule has 2 N–H and O–H groups in total. The molecule has 1 aromatic carbocycles. The second kappa shape index (κ2) is 5.29. The van der Waals surface area contributed by atoms with Gasteiger partial charge in [-0.1, -0.05) is 12.1 Å². The van der Waals surface area contributed by atoms with Gasteiger partial charge in [-0.15, -0.1) is 11.3 Å². The van der Waals surface area contributed by atoms with Gasteiger partial charge in [-0.25, -0.2) is 0 Å². The maximum absolute atomic E-state index is 6.18. The fourth-order valence-electron chi connectivity index (χ4n) is 1.81. The molecular weight excluding hydrogens is 232 g/mol. The molecule has 1 atom stereocenters. The fourth-order valence-corrected chi connectivity index (χ4v) is 2.46. The predicted molar refractivity (Wildman–Crippen MR) is 70.5 cm³/mol. The summed E-state index contributed by atoms with van der Waals surface area (Å²) in [6, 6.07) is 6.10. The van der Waals surface area contributed by atoms with Crippen LogP contribution in [-0.2, 0) is 6.42 Å². The Morgan fingerprint density at radius 1 is 1.47 bits per heavy atom. The number of benzene rings is 1. The van der Waals surface area contributed by atoms with Gasteiger partial charge in [0.15, 0.2) is 0 Å². The topological polar surface area (TPSA) is 48.1 Å². The molecule has 0 aliphatic carbocycles. The van der Waals surface area contributed by atoms with Crippen molar-refractivity contribution in [1.29, 1.82) is 0 Å². The van der Waals surface area contributed by atoms with E-state index >= 15 is 0 Å². The van der Waals surface area contributed by atoms with Crippen LogP contribution in [0.1, 0.15) is 22.0 Å². The lowest BCUT2D eigenvalue weighted by atomic mass is 10.0. The van der Waals surface area contributed by atoms with Gasteiger partial charge in [-0.05, 0) is 24.1 Å². The van der Waals surface area contributed by atoms with E-state index in [1.54, 1.807) is 18.4 Å². The van der Waals surface area contributed by atoms with Crippen LogP contribution in [0.15, 0.2) is 29.9 Å². The Kier molecular flexibility index (Phi) is 3.76. The van der Waals surface area contributed by atoms with Crippen molar-refractivity contribution in [1.82, 2.24) is 4.98 Å². The van der Waals surface area contributed by atoms with Gasteiger partial charge in [0.2, 0.25) is 0 Å². The van der Waals surface area contributed by atoms with Crippen molar-refractivity contribution in [3.63, 3.8) is 0 Å². The van der Waals surface area contributed by atoms with Crippen molar-refractivity contribution in [2.45, 2.75) is 19.4 Å². The first-order chi connectivity index (χ1) is 8.20. The lowest BCUT2D eigenvalue weighted by Crippen LogP contribution is -2.12. The normalized spacial score (nSPS) is 12.4. The third kappa shape index (κ3) is 2.84. The average Bonchev–Trinajstić information content (AvgIpc) is 2.81. The predicted octanol–water partition coefficient (Wildman–Crippen LogP) is 2.70. The van der Waals surface area contributed by atoms with Crippen LogP contribution in [0.25, 0.3) is 0 Å². The van der Waals surface area contributed by atoms with Crippen molar-refractivity contribution in [3.05, 3.63) is 45.9 Å². The molecule has 1 heterocycles. The molecule has 0 aliphatic heterocycles. The Labute approximate surface area is 105 Å². The van der Waals surface area contributed by atoms with Crippen molar-refractivity contribution in [3.8, 4) is 5.75 Å². The quantitative estimate of drug-likeness (QED) is 0.905. The van der Waals surface area contributed by atoms with Crippen LogP contribution in [0.5, 0.6) is 5.75 Å². The summed E-state index contributed by atoms with van der Waals surface area (Å²) >= 11 is 1.64. The van der Waals surface area contributed by atoms with Gasteiger partial charge in [0, 0.05) is 23.5 Å². The number of hydrogen-bond acceptors (Lipinski definition) is 4. The molecule has 4 heteroatoms. The van der Waals surface area contributed by atoms with Gasteiger partial charge in [0.1, 0.15) is 5.75 Å². The zero-order chi connectivity index (χ0) is 12.3. The minimum atomic E-state index is 0.0139. The summed E-state index contributed by atoms with van der Waals surface area (Å²) in [5.74, 6) is 0.902. The molecule has 0 amide bonds. The molecule has 0 aliphatic rings. The highest BCUT2D eigenvalue weighted by atomic mass is 32.1. The monoisotopic (exact) mass is 248 g/mol. The van der Waals surface area contributed by atoms with E-state index in [1.807, 2.05) is 30.8 Å². The van der Waals surface area contributed by atoms with Crippen molar-refractivity contribution < 1.29 is 4.74 Å². The van der Waals surface area contributed by atoms with Gasteiger partial charge in [0.05, 0.1) is 12.6 Å². The number of hydrogen-bond donors (Lipinski definition) is 1. The first-order valence-electron chi connectivity index (χ1n) is 5.48. The molecule has 2 aromatic rings. The van der Waals surface area contributed by atoms with Crippen LogP contribution < -0.4 is 10.5 Å². The summed E-state index contributed by atoms with van der Waals surface area (Å²) in [6.07, 6.45) is 2.71. The minimum Gasteiger partial charge on any atom is -0.496 e. The van der Waals surface area contributed by atoms with E-state index in [2.05, 4.69) is 11.1 Å². The second-order valence-corrected chi connectivity index (χ2v) is 4.98. The molecule has 17 heavy (non-hydrogen) atoms. The second-order valence-electron chi connectivity index (χ2n) is 4.01. The molecule has 2 rings (SSSR count). The molecular formula is C13H16N2OS. The Hall–Kier alpha value is -1.39. The summed E-state index contributed by atoms with van der Waals surface area (Å²) < 4.78 is 5.24. The summed E-state index contributed by atoms with van der Waals surface area (Å²) in [6.45, 7) is 2.03. The van der Waals surface area contributed by atoms with Crippen LogP contribution in [0.2, 0.25) is 0 Å². The van der Waals surface area contributed by atoms with Crippen LogP contribution >= 0.6 is 11.3 Å². The number of rotatable bonds is 4. The van der Waals surface area contributed by atoms with Gasteiger partial charge >= 0.3 is 0 Å². The third-order valence-electron chi connectivity index (χ3n) is 2.75. The first kappa shape index (κ1) is 12.1. The first-order valence-corrected chi connectivity index (χ1v) is 6.36. The van der Waals surface area contributed by atoms with Gasteiger partial charge in [0.25, 0.3) is 0 Å². The van der Waals surface area contributed by atoms with Crippen molar-refractivity contribution in [2.75, 3.05) is 7.11 Å². The van der Waals surface area contributed by atoms with Gasteiger partial charge in [-0.2, -0.15) is 0 Å². The van der Waals surface area contributed by atoms with E-state index in [1.165, 1.54) is 4.88 Å². The van der Waals surface area contributed by atoms with E-state index in [4.69, 9.17) is 10.5 Å². The average molecular weight is 248 g/mol. The Morgan fingerprint density at radius 3 is 2.88 bits per heavy atom. The number of methoxy groups -OCH3 is 1. The SMILES string of the molecule is COc1ccc(C(N)Cc2cncs2)cc1C. The summed E-state index contributed by atoms with van der Waals surface area (Å²) in [4.78, 5) is 5.27. The van der Waals surface area contributed by atoms with Crippen molar-refractivity contribution in [2.24, 2.45) is 5.73 Å². The highest BCUT2D eigenvalue weighted by molar-refractivity contribution is 7.09. The van der Waals surface area contributed by atoms with Crippen LogP contribution in [-0.4, -0.2) is 12.1 Å². The molecule has 0 bridgehead atoms. The number of nitrogens with two attached hydrogens (primary N) is 1. The Morgan fingerprint density at radius 2 is 2.29 bits per heavy atom. The molecule has 1 aromatic heterocycles.